The lowest BCUT2D eigenvalue weighted by Crippen LogP contribution is -2.32. The van der Waals surface area contributed by atoms with Crippen LogP contribution in [0.2, 0.25) is 0 Å². The minimum absolute atomic E-state index is 0.0284. The van der Waals surface area contributed by atoms with Crippen molar-refractivity contribution in [1.29, 1.82) is 0 Å². The highest BCUT2D eigenvalue weighted by molar-refractivity contribution is 5.94. The Morgan fingerprint density at radius 1 is 1.33 bits per heavy atom. The number of hydrogen-bond acceptors (Lipinski definition) is 5. The topological polar surface area (TPSA) is 107 Å². The van der Waals surface area contributed by atoms with Crippen molar-refractivity contribution in [3.05, 3.63) is 67.4 Å². The molecule has 8 nitrogen and oxygen atoms in total. The summed E-state index contributed by atoms with van der Waals surface area (Å²) >= 11 is 0. The SMILES string of the molecule is Cc1cc(C(=O)NCCn2cnc(C)c(C)c2=O)ccc1[N+](=O)[O-]. The lowest BCUT2D eigenvalue weighted by molar-refractivity contribution is -0.385. The molecule has 0 spiro atoms. The maximum absolute atomic E-state index is 12.1. The van der Waals surface area contributed by atoms with E-state index in [9.17, 15) is 19.7 Å². The molecule has 0 atom stereocenters. The molecule has 0 aliphatic carbocycles. The van der Waals surface area contributed by atoms with Gasteiger partial charge in [-0.2, -0.15) is 0 Å². The largest absolute Gasteiger partial charge is 0.350 e. The molecule has 0 bridgehead atoms. The number of nitrogens with one attached hydrogen (secondary N) is 1. The molecule has 24 heavy (non-hydrogen) atoms. The third-order valence-electron chi connectivity index (χ3n) is 3.81. The molecule has 1 aromatic carbocycles. The van der Waals surface area contributed by atoms with Crippen molar-refractivity contribution in [3.63, 3.8) is 0 Å². The zero-order chi connectivity index (χ0) is 17.9. The number of rotatable bonds is 5. The smallest absolute Gasteiger partial charge is 0.272 e. The number of carbonyl (C=O) groups excluding carboxylic acids is 1. The lowest BCUT2D eigenvalue weighted by Gasteiger charge is -2.09. The first-order valence-corrected chi connectivity index (χ1v) is 7.37. The zero-order valence-corrected chi connectivity index (χ0v) is 13.7. The van der Waals surface area contributed by atoms with Gasteiger partial charge in [0.05, 0.1) is 11.3 Å². The molecule has 0 fully saturated rings. The molecule has 2 rings (SSSR count). The summed E-state index contributed by atoms with van der Waals surface area (Å²) in [5.41, 5.74) is 1.85. The fourth-order valence-electron chi connectivity index (χ4n) is 2.23. The van der Waals surface area contributed by atoms with Crippen LogP contribution < -0.4 is 10.9 Å². The number of aryl methyl sites for hydroxylation is 2. The van der Waals surface area contributed by atoms with Gasteiger partial charge >= 0.3 is 0 Å². The summed E-state index contributed by atoms with van der Waals surface area (Å²) in [5.74, 6) is -0.349. The second kappa shape index (κ2) is 7.03. The average molecular weight is 330 g/mol. The van der Waals surface area contributed by atoms with Crippen LogP contribution in [0, 0.1) is 30.9 Å². The van der Waals surface area contributed by atoms with Crippen LogP contribution in [0.5, 0.6) is 0 Å². The molecular formula is C16H18N4O4. The van der Waals surface area contributed by atoms with E-state index in [-0.39, 0.29) is 23.7 Å². The van der Waals surface area contributed by atoms with Crippen LogP contribution in [-0.4, -0.2) is 26.9 Å². The number of aromatic nitrogens is 2. The van der Waals surface area contributed by atoms with E-state index >= 15 is 0 Å². The van der Waals surface area contributed by atoms with Crippen LogP contribution in [0.1, 0.15) is 27.2 Å². The zero-order valence-electron chi connectivity index (χ0n) is 13.7. The van der Waals surface area contributed by atoms with Gasteiger partial charge in [-0.25, -0.2) is 4.98 Å². The van der Waals surface area contributed by atoms with Gasteiger partial charge < -0.3 is 5.32 Å². The highest BCUT2D eigenvalue weighted by Crippen LogP contribution is 2.18. The lowest BCUT2D eigenvalue weighted by atomic mass is 10.1. The predicted molar refractivity (Wildman–Crippen MR) is 88.1 cm³/mol. The molecular weight excluding hydrogens is 312 g/mol. The molecule has 0 aliphatic rings. The Morgan fingerprint density at radius 3 is 2.67 bits per heavy atom. The monoisotopic (exact) mass is 330 g/mol. The van der Waals surface area contributed by atoms with Gasteiger partial charge in [0.15, 0.2) is 0 Å². The van der Waals surface area contributed by atoms with Gasteiger partial charge in [0.1, 0.15) is 0 Å². The summed E-state index contributed by atoms with van der Waals surface area (Å²) in [4.78, 5) is 38.5. The van der Waals surface area contributed by atoms with Crippen molar-refractivity contribution >= 4 is 11.6 Å². The van der Waals surface area contributed by atoms with Crippen molar-refractivity contribution in [2.24, 2.45) is 0 Å². The number of nitro groups is 1. The van der Waals surface area contributed by atoms with E-state index in [1.807, 2.05) is 0 Å². The molecule has 0 saturated heterocycles. The van der Waals surface area contributed by atoms with E-state index in [1.54, 1.807) is 20.8 Å². The molecule has 8 heteroatoms. The highest BCUT2D eigenvalue weighted by atomic mass is 16.6. The first-order valence-electron chi connectivity index (χ1n) is 7.37. The van der Waals surface area contributed by atoms with Gasteiger partial charge in [-0.3, -0.25) is 24.3 Å². The van der Waals surface area contributed by atoms with Gasteiger partial charge in [-0.05, 0) is 32.9 Å². The quantitative estimate of drug-likeness (QED) is 0.660. The van der Waals surface area contributed by atoms with E-state index in [0.717, 1.165) is 0 Å². The summed E-state index contributed by atoms with van der Waals surface area (Å²) in [5, 5.41) is 13.5. The number of hydrogen-bond donors (Lipinski definition) is 1. The van der Waals surface area contributed by atoms with Crippen LogP contribution >= 0.6 is 0 Å². The van der Waals surface area contributed by atoms with Crippen molar-refractivity contribution in [2.75, 3.05) is 6.54 Å². The Labute approximate surface area is 138 Å². The molecule has 1 heterocycles. The molecule has 1 N–H and O–H groups in total. The normalized spacial score (nSPS) is 10.5. The highest BCUT2D eigenvalue weighted by Gasteiger charge is 2.13. The number of nitrogens with zero attached hydrogens (tertiary/aromatic N) is 3. The van der Waals surface area contributed by atoms with E-state index in [4.69, 9.17) is 0 Å². The van der Waals surface area contributed by atoms with Crippen LogP contribution in [0.3, 0.4) is 0 Å². The molecule has 0 aliphatic heterocycles. The van der Waals surface area contributed by atoms with Gasteiger partial charge in [0, 0.05) is 41.5 Å². The Balaban J connectivity index is 2.01. The number of nitro benzene ring substituents is 1. The molecule has 126 valence electrons. The maximum atomic E-state index is 12.1. The summed E-state index contributed by atoms with van der Waals surface area (Å²) in [7, 11) is 0. The van der Waals surface area contributed by atoms with Crippen molar-refractivity contribution < 1.29 is 9.72 Å². The van der Waals surface area contributed by atoms with Crippen molar-refractivity contribution in [2.45, 2.75) is 27.3 Å². The van der Waals surface area contributed by atoms with E-state index < -0.39 is 4.92 Å². The Hall–Kier alpha value is -3.03. The van der Waals surface area contributed by atoms with Gasteiger partial charge in [-0.15, -0.1) is 0 Å². The van der Waals surface area contributed by atoms with Crippen molar-refractivity contribution in [1.82, 2.24) is 14.9 Å². The van der Waals surface area contributed by atoms with Gasteiger partial charge in [-0.1, -0.05) is 0 Å². The summed E-state index contributed by atoms with van der Waals surface area (Å²) in [6.45, 7) is 5.60. The van der Waals surface area contributed by atoms with E-state index in [2.05, 4.69) is 10.3 Å². The Morgan fingerprint density at radius 2 is 2.04 bits per heavy atom. The van der Waals surface area contributed by atoms with Crippen LogP contribution in [0.15, 0.2) is 29.3 Å². The summed E-state index contributed by atoms with van der Waals surface area (Å²) in [6.07, 6.45) is 1.45. The molecule has 1 aromatic heterocycles. The molecule has 0 unspecified atom stereocenters. The van der Waals surface area contributed by atoms with Crippen LogP contribution in [-0.2, 0) is 6.54 Å². The fourth-order valence-corrected chi connectivity index (χ4v) is 2.23. The molecule has 0 saturated carbocycles. The summed E-state index contributed by atoms with van der Waals surface area (Å²) < 4.78 is 1.43. The number of benzene rings is 1. The Kier molecular flexibility index (Phi) is 5.08. The van der Waals surface area contributed by atoms with Crippen LogP contribution in [0.4, 0.5) is 5.69 Å². The fraction of sp³-hybridized carbons (Fsp3) is 0.312. The second-order valence-electron chi connectivity index (χ2n) is 5.47. The Bertz CT molecular complexity index is 858. The molecule has 1 amide bonds. The molecule has 2 aromatic rings. The number of amides is 1. The van der Waals surface area contributed by atoms with E-state index in [1.165, 1.54) is 29.1 Å². The maximum Gasteiger partial charge on any atom is 0.272 e. The predicted octanol–water partition coefficient (Wildman–Crippen LogP) is 1.51. The minimum atomic E-state index is -0.490. The third kappa shape index (κ3) is 3.65. The van der Waals surface area contributed by atoms with Crippen molar-refractivity contribution in [3.8, 4) is 0 Å². The first-order chi connectivity index (χ1) is 11.3. The third-order valence-corrected chi connectivity index (χ3v) is 3.81. The summed E-state index contributed by atoms with van der Waals surface area (Å²) in [6, 6.07) is 4.18. The van der Waals surface area contributed by atoms with E-state index in [0.29, 0.717) is 28.9 Å². The second-order valence-corrected chi connectivity index (χ2v) is 5.47. The number of carbonyl (C=O) groups is 1. The molecule has 0 radical (unpaired) electrons. The van der Waals surface area contributed by atoms with Gasteiger partial charge in [0.25, 0.3) is 17.2 Å². The van der Waals surface area contributed by atoms with Crippen LogP contribution in [0.25, 0.3) is 0 Å². The average Bonchev–Trinajstić information content (AvgIpc) is 2.54. The standard InChI is InChI=1S/C16H18N4O4/c1-10-8-13(4-5-14(10)20(23)24)15(21)17-6-7-19-9-18-12(3)11(2)16(19)22/h4-5,8-9H,6-7H2,1-3H3,(H,17,21). The van der Waals surface area contributed by atoms with Gasteiger partial charge in [0.2, 0.25) is 0 Å². The first kappa shape index (κ1) is 17.3. The minimum Gasteiger partial charge on any atom is -0.350 e.